The Kier molecular flexibility index (Phi) is 4.53. The number of rotatable bonds is 5. The molecule has 0 aliphatic heterocycles. The summed E-state index contributed by atoms with van der Waals surface area (Å²) in [5, 5.41) is 5.08. The third-order valence-electron chi connectivity index (χ3n) is 4.56. The van der Waals surface area contributed by atoms with E-state index in [1.807, 2.05) is 19.9 Å². The number of thioether (sulfide) groups is 1. The molecular weight excluding hydrogens is 380 g/mol. The molecule has 4 rings (SSSR count). The van der Waals surface area contributed by atoms with Crippen LogP contribution >= 0.6 is 11.8 Å². The van der Waals surface area contributed by atoms with Crippen LogP contribution in [0, 0.1) is 13.8 Å². The number of imidazole rings is 1. The second kappa shape index (κ2) is 6.89. The summed E-state index contributed by atoms with van der Waals surface area (Å²) in [6.45, 7) is 4.21. The Morgan fingerprint density at radius 3 is 2.71 bits per heavy atom. The minimum absolute atomic E-state index is 0.316. The van der Waals surface area contributed by atoms with E-state index >= 15 is 0 Å². The van der Waals surface area contributed by atoms with Gasteiger partial charge in [0, 0.05) is 37.8 Å². The molecule has 0 atom stereocenters. The maximum absolute atomic E-state index is 12.7. The fourth-order valence-electron chi connectivity index (χ4n) is 3.19. The minimum atomic E-state index is -0.359. The second-order valence-corrected chi connectivity index (χ2v) is 7.74. The Labute approximate surface area is 163 Å². The van der Waals surface area contributed by atoms with Crippen molar-refractivity contribution in [3.63, 3.8) is 0 Å². The Bertz CT molecular complexity index is 1310. The second-order valence-electron chi connectivity index (χ2n) is 6.67. The molecule has 10 nitrogen and oxygen atoms in total. The molecule has 0 aliphatic rings. The Morgan fingerprint density at radius 2 is 1.93 bits per heavy atom. The van der Waals surface area contributed by atoms with E-state index in [1.54, 1.807) is 29.5 Å². The Balaban J connectivity index is 1.50. The van der Waals surface area contributed by atoms with E-state index in [1.165, 1.54) is 20.9 Å². The molecule has 0 radical (unpaired) electrons. The van der Waals surface area contributed by atoms with Crippen LogP contribution in [0.25, 0.3) is 16.9 Å². The van der Waals surface area contributed by atoms with Gasteiger partial charge in [-0.3, -0.25) is 13.9 Å². The first-order chi connectivity index (χ1) is 13.4. The van der Waals surface area contributed by atoms with Crippen molar-refractivity contribution in [3.05, 3.63) is 44.6 Å². The molecule has 0 saturated carbocycles. The van der Waals surface area contributed by atoms with E-state index < -0.39 is 0 Å². The molecule has 146 valence electrons. The average Bonchev–Trinajstić information content (AvgIpc) is 3.23. The van der Waals surface area contributed by atoms with Gasteiger partial charge in [-0.2, -0.15) is 4.98 Å². The average molecular weight is 400 g/mol. The van der Waals surface area contributed by atoms with Crippen molar-refractivity contribution in [2.45, 2.75) is 32.0 Å². The summed E-state index contributed by atoms with van der Waals surface area (Å²) >= 11 is 1.48. The normalized spacial score (nSPS) is 11.7. The van der Waals surface area contributed by atoms with Crippen LogP contribution in [0.1, 0.15) is 17.8 Å². The van der Waals surface area contributed by atoms with Gasteiger partial charge in [0.05, 0.1) is 6.33 Å². The molecule has 0 amide bonds. The van der Waals surface area contributed by atoms with Crippen LogP contribution in [0.5, 0.6) is 0 Å². The van der Waals surface area contributed by atoms with Crippen LogP contribution in [-0.4, -0.2) is 44.0 Å². The summed E-state index contributed by atoms with van der Waals surface area (Å²) in [6, 6.07) is 1.95. The molecule has 0 saturated heterocycles. The van der Waals surface area contributed by atoms with Crippen LogP contribution in [0.15, 0.2) is 27.1 Å². The highest BCUT2D eigenvalue weighted by atomic mass is 32.2. The highest BCUT2D eigenvalue weighted by molar-refractivity contribution is 7.99. The van der Waals surface area contributed by atoms with Crippen LogP contribution in [0.2, 0.25) is 0 Å². The number of nitrogens with zero attached hydrogens (tertiary/aromatic N) is 8. The molecule has 4 aromatic heterocycles. The summed E-state index contributed by atoms with van der Waals surface area (Å²) in [4.78, 5) is 38.1. The Hall–Kier alpha value is -2.95. The number of aryl methyl sites for hydroxylation is 4. The molecule has 0 aliphatic carbocycles. The van der Waals surface area contributed by atoms with Crippen molar-refractivity contribution in [1.82, 2.24) is 38.3 Å². The molecule has 0 bridgehead atoms. The van der Waals surface area contributed by atoms with Gasteiger partial charge in [0.1, 0.15) is 0 Å². The van der Waals surface area contributed by atoms with E-state index in [2.05, 4.69) is 20.1 Å². The smallest absolute Gasteiger partial charge is 0.328 e. The van der Waals surface area contributed by atoms with E-state index in [4.69, 9.17) is 0 Å². The first-order valence-corrected chi connectivity index (χ1v) is 9.80. The quantitative estimate of drug-likeness (QED) is 0.358. The highest BCUT2D eigenvalue weighted by Gasteiger charge is 2.15. The SMILES string of the molecule is Cc1cc(C)n2nc(SCCCn3c(=O)c4c(ncn4C)n(C)c3=O)nc2n1. The van der Waals surface area contributed by atoms with Gasteiger partial charge in [0.25, 0.3) is 11.3 Å². The minimum Gasteiger partial charge on any atom is -0.328 e. The van der Waals surface area contributed by atoms with Crippen molar-refractivity contribution in [1.29, 1.82) is 0 Å². The van der Waals surface area contributed by atoms with Gasteiger partial charge in [-0.15, -0.1) is 5.10 Å². The van der Waals surface area contributed by atoms with E-state index in [9.17, 15) is 9.59 Å². The lowest BCUT2D eigenvalue weighted by Crippen LogP contribution is -2.39. The number of hydrogen-bond acceptors (Lipinski definition) is 7. The molecule has 0 unspecified atom stereocenters. The zero-order chi connectivity index (χ0) is 20.0. The fraction of sp³-hybridized carbons (Fsp3) is 0.412. The van der Waals surface area contributed by atoms with Crippen LogP contribution in [0.3, 0.4) is 0 Å². The summed E-state index contributed by atoms with van der Waals surface area (Å²) in [5.74, 6) is 1.25. The predicted octanol–water partition coefficient (Wildman–Crippen LogP) is 0.671. The summed E-state index contributed by atoms with van der Waals surface area (Å²) < 4.78 is 6.02. The van der Waals surface area contributed by atoms with Gasteiger partial charge in [0.2, 0.25) is 5.16 Å². The van der Waals surface area contributed by atoms with E-state index in [0.717, 1.165) is 11.4 Å². The van der Waals surface area contributed by atoms with Gasteiger partial charge < -0.3 is 4.57 Å². The fourth-order valence-corrected chi connectivity index (χ4v) is 3.93. The number of aromatic nitrogens is 8. The zero-order valence-electron chi connectivity index (χ0n) is 16.1. The highest BCUT2D eigenvalue weighted by Crippen LogP contribution is 2.16. The zero-order valence-corrected chi connectivity index (χ0v) is 16.9. The molecule has 28 heavy (non-hydrogen) atoms. The Morgan fingerprint density at radius 1 is 1.14 bits per heavy atom. The van der Waals surface area contributed by atoms with Crippen molar-refractivity contribution < 1.29 is 0 Å². The molecule has 4 heterocycles. The van der Waals surface area contributed by atoms with E-state index in [0.29, 0.717) is 40.8 Å². The first-order valence-electron chi connectivity index (χ1n) is 8.81. The predicted molar refractivity (Wildman–Crippen MR) is 106 cm³/mol. The largest absolute Gasteiger partial charge is 0.332 e. The standard InChI is InChI=1S/C17H20N8O2S/c1-10-8-11(2)25-15(19-10)20-16(21-25)28-7-5-6-24-14(26)12-13(18-9-22(12)3)23(4)17(24)27/h8-9H,5-7H2,1-4H3. The maximum Gasteiger partial charge on any atom is 0.332 e. The lowest BCUT2D eigenvalue weighted by molar-refractivity contribution is 0.594. The van der Waals surface area contributed by atoms with E-state index in [-0.39, 0.29) is 11.2 Å². The molecule has 0 aromatic carbocycles. The van der Waals surface area contributed by atoms with Gasteiger partial charge in [0.15, 0.2) is 11.2 Å². The third-order valence-corrected chi connectivity index (χ3v) is 5.48. The molecular formula is C17H20N8O2S. The van der Waals surface area contributed by atoms with Crippen LogP contribution in [0.4, 0.5) is 0 Å². The lowest BCUT2D eigenvalue weighted by Gasteiger charge is -2.08. The number of hydrogen-bond donors (Lipinski definition) is 0. The summed E-state index contributed by atoms with van der Waals surface area (Å²) in [5.41, 5.74) is 2.02. The first kappa shape index (κ1) is 18.4. The van der Waals surface area contributed by atoms with Gasteiger partial charge >= 0.3 is 5.69 Å². The molecule has 0 spiro atoms. The molecule has 4 aromatic rings. The lowest BCUT2D eigenvalue weighted by atomic mass is 10.4. The van der Waals surface area contributed by atoms with Crippen molar-refractivity contribution in [2.24, 2.45) is 14.1 Å². The van der Waals surface area contributed by atoms with Gasteiger partial charge in [-0.25, -0.2) is 19.3 Å². The number of fused-ring (bicyclic) bond motifs is 2. The molecule has 11 heteroatoms. The monoisotopic (exact) mass is 400 g/mol. The van der Waals surface area contributed by atoms with Crippen LogP contribution in [-0.2, 0) is 20.6 Å². The van der Waals surface area contributed by atoms with Crippen LogP contribution < -0.4 is 11.2 Å². The topological polar surface area (TPSA) is 105 Å². The summed E-state index contributed by atoms with van der Waals surface area (Å²) in [7, 11) is 3.37. The molecule has 0 N–H and O–H groups in total. The van der Waals surface area contributed by atoms with Crippen molar-refractivity contribution >= 4 is 28.7 Å². The van der Waals surface area contributed by atoms with Gasteiger partial charge in [-0.1, -0.05) is 11.8 Å². The summed E-state index contributed by atoms with van der Waals surface area (Å²) in [6.07, 6.45) is 2.17. The van der Waals surface area contributed by atoms with Crippen molar-refractivity contribution in [2.75, 3.05) is 5.75 Å². The molecule has 0 fully saturated rings. The van der Waals surface area contributed by atoms with Gasteiger partial charge in [-0.05, 0) is 26.3 Å². The third kappa shape index (κ3) is 3.01. The maximum atomic E-state index is 12.7. The van der Waals surface area contributed by atoms with Crippen molar-refractivity contribution in [3.8, 4) is 0 Å².